The van der Waals surface area contributed by atoms with Crippen molar-refractivity contribution in [2.45, 2.75) is 52.4 Å². The molecule has 18 heavy (non-hydrogen) atoms. The van der Waals surface area contributed by atoms with Crippen LogP contribution in [0.3, 0.4) is 0 Å². The van der Waals surface area contributed by atoms with Crippen LogP contribution in [0.5, 0.6) is 0 Å². The van der Waals surface area contributed by atoms with Crippen molar-refractivity contribution >= 4 is 5.91 Å². The van der Waals surface area contributed by atoms with Crippen LogP contribution in [0.4, 0.5) is 0 Å². The van der Waals surface area contributed by atoms with Crippen molar-refractivity contribution in [3.8, 4) is 0 Å². The second kappa shape index (κ2) is 6.05. The average Bonchev–Trinajstić information content (AvgIpc) is 2.37. The van der Waals surface area contributed by atoms with Gasteiger partial charge in [0.1, 0.15) is 0 Å². The number of amides is 1. The summed E-state index contributed by atoms with van der Waals surface area (Å²) in [5.74, 6) is 1.16. The number of piperidine rings is 1. The zero-order chi connectivity index (χ0) is 13.0. The van der Waals surface area contributed by atoms with Gasteiger partial charge >= 0.3 is 0 Å². The molecule has 1 saturated heterocycles. The third-order valence-corrected chi connectivity index (χ3v) is 4.79. The Kier molecular flexibility index (Phi) is 4.66. The molecule has 1 amide bonds. The molecule has 0 bridgehead atoms. The van der Waals surface area contributed by atoms with Crippen LogP contribution in [0, 0.1) is 17.3 Å². The summed E-state index contributed by atoms with van der Waals surface area (Å²) in [6.07, 6.45) is 7.25. The van der Waals surface area contributed by atoms with Crippen LogP contribution in [0.15, 0.2) is 0 Å². The zero-order valence-corrected chi connectivity index (χ0v) is 11.9. The van der Waals surface area contributed by atoms with Crippen LogP contribution < -0.4 is 10.6 Å². The molecule has 2 N–H and O–H groups in total. The Hall–Kier alpha value is -0.570. The van der Waals surface area contributed by atoms with E-state index in [4.69, 9.17) is 0 Å². The van der Waals surface area contributed by atoms with Crippen LogP contribution in [0.2, 0.25) is 0 Å². The highest BCUT2D eigenvalue weighted by molar-refractivity contribution is 5.79. The van der Waals surface area contributed by atoms with E-state index in [9.17, 15) is 4.79 Å². The largest absolute Gasteiger partial charge is 0.356 e. The Bertz CT molecular complexity index is 282. The number of carbonyl (C=O) groups excluding carboxylic acids is 1. The van der Waals surface area contributed by atoms with Crippen LogP contribution in [-0.4, -0.2) is 25.5 Å². The molecule has 0 aromatic heterocycles. The molecule has 2 unspecified atom stereocenters. The fourth-order valence-corrected chi connectivity index (χ4v) is 3.45. The molecule has 2 aliphatic rings. The highest BCUT2D eigenvalue weighted by atomic mass is 16.1. The first kappa shape index (κ1) is 13.9. The summed E-state index contributed by atoms with van der Waals surface area (Å²) < 4.78 is 0. The molecule has 0 aromatic carbocycles. The van der Waals surface area contributed by atoms with Gasteiger partial charge in [-0.1, -0.05) is 26.7 Å². The smallest absolute Gasteiger partial charge is 0.223 e. The molecule has 2 fully saturated rings. The van der Waals surface area contributed by atoms with Gasteiger partial charge in [0, 0.05) is 12.5 Å². The fourth-order valence-electron chi connectivity index (χ4n) is 3.45. The molecule has 3 nitrogen and oxygen atoms in total. The van der Waals surface area contributed by atoms with Crippen molar-refractivity contribution < 1.29 is 4.79 Å². The molecule has 1 aliphatic carbocycles. The molecular formula is C15H28N2O. The van der Waals surface area contributed by atoms with E-state index in [1.807, 2.05) is 0 Å². The SMILES string of the molecule is CC1(C)CCCCC1C(=O)NCC1CCCNC1. The molecule has 2 rings (SSSR count). The van der Waals surface area contributed by atoms with E-state index in [0.29, 0.717) is 11.8 Å². The summed E-state index contributed by atoms with van der Waals surface area (Å²) in [5.41, 5.74) is 0.188. The first-order valence-electron chi connectivity index (χ1n) is 7.58. The van der Waals surface area contributed by atoms with E-state index in [1.165, 1.54) is 32.1 Å². The molecule has 0 spiro atoms. The molecule has 1 heterocycles. The van der Waals surface area contributed by atoms with Gasteiger partial charge in [-0.05, 0) is 50.1 Å². The molecule has 1 aliphatic heterocycles. The van der Waals surface area contributed by atoms with Crippen LogP contribution in [-0.2, 0) is 4.79 Å². The molecule has 0 aromatic rings. The highest BCUT2D eigenvalue weighted by Gasteiger charge is 2.37. The minimum Gasteiger partial charge on any atom is -0.356 e. The van der Waals surface area contributed by atoms with Crippen LogP contribution in [0.1, 0.15) is 52.4 Å². The quantitative estimate of drug-likeness (QED) is 0.809. The first-order valence-corrected chi connectivity index (χ1v) is 7.58. The van der Waals surface area contributed by atoms with Gasteiger partial charge in [-0.15, -0.1) is 0 Å². The van der Waals surface area contributed by atoms with E-state index < -0.39 is 0 Å². The lowest BCUT2D eigenvalue weighted by Gasteiger charge is -2.37. The molecule has 3 heteroatoms. The van der Waals surface area contributed by atoms with E-state index in [1.54, 1.807) is 0 Å². The monoisotopic (exact) mass is 252 g/mol. The van der Waals surface area contributed by atoms with E-state index in [0.717, 1.165) is 26.1 Å². The lowest BCUT2D eigenvalue weighted by atomic mass is 9.68. The third kappa shape index (κ3) is 3.47. The maximum Gasteiger partial charge on any atom is 0.223 e. The first-order chi connectivity index (χ1) is 8.59. The lowest BCUT2D eigenvalue weighted by Crippen LogP contribution is -2.44. The molecule has 104 valence electrons. The van der Waals surface area contributed by atoms with Gasteiger partial charge in [0.2, 0.25) is 5.91 Å². The topological polar surface area (TPSA) is 41.1 Å². The van der Waals surface area contributed by atoms with Gasteiger partial charge in [0.15, 0.2) is 0 Å². The number of nitrogens with one attached hydrogen (secondary N) is 2. The van der Waals surface area contributed by atoms with Crippen molar-refractivity contribution in [1.82, 2.24) is 10.6 Å². The lowest BCUT2D eigenvalue weighted by molar-refractivity contribution is -0.130. The normalized spacial score (nSPS) is 31.9. The zero-order valence-electron chi connectivity index (χ0n) is 11.9. The molecule has 0 radical (unpaired) electrons. The third-order valence-electron chi connectivity index (χ3n) is 4.79. The number of rotatable bonds is 3. The molecule has 2 atom stereocenters. The van der Waals surface area contributed by atoms with Gasteiger partial charge in [0.25, 0.3) is 0 Å². The van der Waals surface area contributed by atoms with Crippen molar-refractivity contribution in [1.29, 1.82) is 0 Å². The standard InChI is InChI=1S/C15H28N2O/c1-15(2)8-4-3-7-13(15)14(18)17-11-12-6-5-9-16-10-12/h12-13,16H,3-11H2,1-2H3,(H,17,18). The average molecular weight is 252 g/mol. The van der Waals surface area contributed by atoms with Gasteiger partial charge in [-0.2, -0.15) is 0 Å². The second-order valence-corrected chi connectivity index (χ2v) is 6.74. The van der Waals surface area contributed by atoms with Gasteiger partial charge in [-0.25, -0.2) is 0 Å². The maximum atomic E-state index is 12.3. The van der Waals surface area contributed by atoms with Crippen molar-refractivity contribution in [3.05, 3.63) is 0 Å². The Morgan fingerprint density at radius 1 is 1.28 bits per heavy atom. The molecular weight excluding hydrogens is 224 g/mol. The van der Waals surface area contributed by atoms with E-state index in [2.05, 4.69) is 24.5 Å². The minimum absolute atomic E-state index is 0.188. The van der Waals surface area contributed by atoms with Crippen molar-refractivity contribution in [2.75, 3.05) is 19.6 Å². The molecule has 1 saturated carbocycles. The Labute approximate surface area is 111 Å². The number of carbonyl (C=O) groups is 1. The van der Waals surface area contributed by atoms with Crippen molar-refractivity contribution in [2.24, 2.45) is 17.3 Å². The van der Waals surface area contributed by atoms with Crippen molar-refractivity contribution in [3.63, 3.8) is 0 Å². The highest BCUT2D eigenvalue weighted by Crippen LogP contribution is 2.40. The summed E-state index contributed by atoms with van der Waals surface area (Å²) in [5, 5.41) is 6.60. The Balaban J connectivity index is 1.79. The summed E-state index contributed by atoms with van der Waals surface area (Å²) in [7, 11) is 0. The van der Waals surface area contributed by atoms with Gasteiger partial charge in [0.05, 0.1) is 0 Å². The minimum atomic E-state index is 0.188. The Morgan fingerprint density at radius 3 is 2.78 bits per heavy atom. The summed E-state index contributed by atoms with van der Waals surface area (Å²) in [6.45, 7) is 7.56. The van der Waals surface area contributed by atoms with Crippen LogP contribution in [0.25, 0.3) is 0 Å². The number of hydrogen-bond acceptors (Lipinski definition) is 2. The summed E-state index contributed by atoms with van der Waals surface area (Å²) in [6, 6.07) is 0. The predicted molar refractivity (Wildman–Crippen MR) is 74.3 cm³/mol. The van der Waals surface area contributed by atoms with E-state index >= 15 is 0 Å². The van der Waals surface area contributed by atoms with E-state index in [-0.39, 0.29) is 11.3 Å². The Morgan fingerprint density at radius 2 is 2.11 bits per heavy atom. The summed E-state index contributed by atoms with van der Waals surface area (Å²) >= 11 is 0. The number of hydrogen-bond donors (Lipinski definition) is 2. The van der Waals surface area contributed by atoms with Crippen LogP contribution >= 0.6 is 0 Å². The van der Waals surface area contributed by atoms with Gasteiger partial charge < -0.3 is 10.6 Å². The fraction of sp³-hybridized carbons (Fsp3) is 0.933. The maximum absolute atomic E-state index is 12.3. The second-order valence-electron chi connectivity index (χ2n) is 6.74. The predicted octanol–water partition coefficient (Wildman–Crippen LogP) is 2.32. The summed E-state index contributed by atoms with van der Waals surface area (Å²) in [4.78, 5) is 12.3. The van der Waals surface area contributed by atoms with Gasteiger partial charge in [-0.3, -0.25) is 4.79 Å².